The van der Waals surface area contributed by atoms with Crippen LogP contribution in [0.2, 0.25) is 0 Å². The molecule has 2 aliphatic heterocycles. The molecular formula is C26H23F3N6O2S3. The summed E-state index contributed by atoms with van der Waals surface area (Å²) in [4.78, 5) is 38.4. The summed E-state index contributed by atoms with van der Waals surface area (Å²) in [5.74, 6) is 0.823. The van der Waals surface area contributed by atoms with Crippen molar-refractivity contribution in [1.82, 2.24) is 19.4 Å². The molecule has 7 rings (SSSR count). The van der Waals surface area contributed by atoms with E-state index in [2.05, 4.69) is 16.5 Å². The van der Waals surface area contributed by atoms with Crippen molar-refractivity contribution in [3.63, 3.8) is 0 Å². The summed E-state index contributed by atoms with van der Waals surface area (Å²) in [6.07, 6.45) is -1.47. The molecule has 14 heteroatoms. The molecule has 40 heavy (non-hydrogen) atoms. The molecule has 4 aromatic rings. The van der Waals surface area contributed by atoms with Crippen LogP contribution in [-0.4, -0.2) is 57.3 Å². The standard InChI is InChI=1S/C26H23F3N6O2S3/c1-2-17(36)33-5-7-34(8-6-33)22-13-9-15(26(27,28)29)18(14-10-39-23-19(14)31-24(30)40-23)21-20(13)35(25(37)32-22)16(11-38-21)12-3-4-12/h2,9-10,12,16H,1,3-8,11H2,(H2,30,31). The Morgan fingerprint density at radius 1 is 1.18 bits per heavy atom. The van der Waals surface area contributed by atoms with Crippen LogP contribution in [-0.2, 0) is 11.0 Å². The maximum atomic E-state index is 14.9. The highest BCUT2D eigenvalue weighted by atomic mass is 32.2. The monoisotopic (exact) mass is 604 g/mol. The number of nitrogen functional groups attached to an aromatic ring is 1. The van der Waals surface area contributed by atoms with Crippen molar-refractivity contribution in [1.29, 1.82) is 0 Å². The number of carbonyl (C=O) groups excluding carboxylic acids is 1. The SMILES string of the molecule is C=CC(=O)N1CCN(c2nc(=O)n3c4c(c(-c5csc6sc(N)nc56)c(C(F)(F)F)cc24)SCC3C2CC2)CC1. The Bertz CT molecular complexity index is 1770. The third kappa shape index (κ3) is 4.02. The summed E-state index contributed by atoms with van der Waals surface area (Å²) in [6, 6.07) is 1.03. The number of hydrogen-bond donors (Lipinski definition) is 1. The third-order valence-corrected chi connectivity index (χ3v) is 11.0. The number of anilines is 2. The minimum absolute atomic E-state index is 0.0440. The van der Waals surface area contributed by atoms with Crippen molar-refractivity contribution in [2.24, 2.45) is 5.92 Å². The molecule has 2 N–H and O–H groups in total. The van der Waals surface area contributed by atoms with E-state index in [9.17, 15) is 22.8 Å². The van der Waals surface area contributed by atoms with Gasteiger partial charge in [-0.2, -0.15) is 18.2 Å². The molecule has 1 saturated carbocycles. The number of piperazine rings is 1. The minimum Gasteiger partial charge on any atom is -0.375 e. The first kappa shape index (κ1) is 25.8. The molecule has 1 atom stereocenters. The van der Waals surface area contributed by atoms with E-state index in [0.29, 0.717) is 69.9 Å². The normalized spacial score (nSPS) is 19.5. The summed E-state index contributed by atoms with van der Waals surface area (Å²) in [6.45, 7) is 4.91. The molecule has 208 valence electrons. The molecule has 0 radical (unpaired) electrons. The third-order valence-electron chi connectivity index (χ3n) is 7.83. The lowest BCUT2D eigenvalue weighted by atomic mass is 9.97. The molecule has 1 amide bonds. The first-order chi connectivity index (χ1) is 19.2. The van der Waals surface area contributed by atoms with E-state index < -0.39 is 17.4 Å². The number of thiazole rings is 1. The van der Waals surface area contributed by atoms with Crippen molar-refractivity contribution in [3.8, 4) is 11.1 Å². The van der Waals surface area contributed by atoms with Gasteiger partial charge in [-0.1, -0.05) is 17.9 Å². The minimum atomic E-state index is -4.67. The molecular weight excluding hydrogens is 582 g/mol. The van der Waals surface area contributed by atoms with E-state index in [-0.39, 0.29) is 23.3 Å². The average molecular weight is 605 g/mol. The van der Waals surface area contributed by atoms with Crippen molar-refractivity contribution >= 4 is 71.7 Å². The summed E-state index contributed by atoms with van der Waals surface area (Å²) in [5.41, 5.74) is 6.05. The zero-order valence-electron chi connectivity index (χ0n) is 21.0. The smallest absolute Gasteiger partial charge is 0.375 e. The van der Waals surface area contributed by atoms with E-state index in [4.69, 9.17) is 5.73 Å². The molecule has 1 unspecified atom stereocenters. The fraction of sp³-hybridized carbons (Fsp3) is 0.385. The van der Waals surface area contributed by atoms with E-state index in [1.165, 1.54) is 40.5 Å². The van der Waals surface area contributed by atoms with E-state index in [1.54, 1.807) is 14.8 Å². The van der Waals surface area contributed by atoms with Gasteiger partial charge in [-0.25, -0.2) is 9.78 Å². The number of fused-ring (bicyclic) bond motifs is 1. The fourth-order valence-corrected chi connectivity index (χ4v) is 9.16. The highest BCUT2D eigenvalue weighted by Crippen LogP contribution is 2.54. The number of thioether (sulfide) groups is 1. The Kier molecular flexibility index (Phi) is 5.95. The van der Waals surface area contributed by atoms with E-state index in [1.807, 2.05) is 4.90 Å². The Morgan fingerprint density at radius 3 is 2.60 bits per heavy atom. The summed E-state index contributed by atoms with van der Waals surface area (Å²) in [5, 5.41) is 2.30. The van der Waals surface area contributed by atoms with Crippen molar-refractivity contribution in [2.45, 2.75) is 30.0 Å². The summed E-state index contributed by atoms with van der Waals surface area (Å²) in [7, 11) is 0. The Morgan fingerprint density at radius 2 is 1.93 bits per heavy atom. The van der Waals surface area contributed by atoms with Crippen LogP contribution in [0, 0.1) is 5.92 Å². The first-order valence-corrected chi connectivity index (χ1v) is 15.5. The number of benzene rings is 1. The quantitative estimate of drug-likeness (QED) is 0.319. The van der Waals surface area contributed by atoms with Gasteiger partial charge in [0.2, 0.25) is 5.91 Å². The van der Waals surface area contributed by atoms with Crippen LogP contribution in [0.5, 0.6) is 0 Å². The van der Waals surface area contributed by atoms with E-state index >= 15 is 0 Å². The largest absolute Gasteiger partial charge is 0.417 e. The Hall–Kier alpha value is -3.10. The van der Waals surface area contributed by atoms with Gasteiger partial charge in [0.05, 0.1) is 17.1 Å². The lowest BCUT2D eigenvalue weighted by molar-refractivity contribution is -0.137. The molecule has 3 aromatic heterocycles. The van der Waals surface area contributed by atoms with Crippen molar-refractivity contribution in [2.75, 3.05) is 42.6 Å². The van der Waals surface area contributed by atoms with Gasteiger partial charge in [0.25, 0.3) is 0 Å². The van der Waals surface area contributed by atoms with Crippen LogP contribution in [0.4, 0.5) is 24.1 Å². The van der Waals surface area contributed by atoms with Crippen LogP contribution < -0.4 is 16.3 Å². The highest BCUT2D eigenvalue weighted by molar-refractivity contribution is 7.99. The molecule has 1 aliphatic carbocycles. The predicted octanol–water partition coefficient (Wildman–Crippen LogP) is 5.23. The summed E-state index contributed by atoms with van der Waals surface area (Å²) >= 11 is 3.94. The van der Waals surface area contributed by atoms with E-state index in [0.717, 1.165) is 22.9 Å². The number of alkyl halides is 3. The molecule has 1 saturated heterocycles. The predicted molar refractivity (Wildman–Crippen MR) is 153 cm³/mol. The number of hydrogen-bond acceptors (Lipinski definition) is 9. The summed E-state index contributed by atoms with van der Waals surface area (Å²) < 4.78 is 46.9. The van der Waals surface area contributed by atoms with Crippen LogP contribution in [0.1, 0.15) is 24.4 Å². The fourth-order valence-electron chi connectivity index (χ4n) is 5.79. The average Bonchev–Trinajstić information content (AvgIpc) is 3.62. The molecule has 0 bridgehead atoms. The number of rotatable bonds is 4. The number of nitrogens with two attached hydrogens (primary N) is 1. The lowest BCUT2D eigenvalue weighted by Gasteiger charge is -2.37. The topological polar surface area (TPSA) is 97.4 Å². The number of carbonyl (C=O) groups is 1. The van der Waals surface area contributed by atoms with Crippen LogP contribution >= 0.6 is 34.4 Å². The molecule has 8 nitrogen and oxygen atoms in total. The van der Waals surface area contributed by atoms with Gasteiger partial charge < -0.3 is 15.5 Å². The lowest BCUT2D eigenvalue weighted by Crippen LogP contribution is -2.49. The number of halogens is 3. The van der Waals surface area contributed by atoms with Gasteiger partial charge in [-0.15, -0.1) is 23.1 Å². The molecule has 5 heterocycles. The molecule has 3 aliphatic rings. The van der Waals surface area contributed by atoms with Gasteiger partial charge in [-0.05, 0) is 30.9 Å². The van der Waals surface area contributed by atoms with Crippen LogP contribution in [0.25, 0.3) is 31.6 Å². The highest BCUT2D eigenvalue weighted by Gasteiger charge is 2.42. The number of nitrogens with zero attached hydrogens (tertiary/aromatic N) is 5. The molecule has 2 fully saturated rings. The van der Waals surface area contributed by atoms with Crippen molar-refractivity contribution < 1.29 is 18.0 Å². The first-order valence-electron chi connectivity index (χ1n) is 12.8. The zero-order chi connectivity index (χ0) is 27.9. The maximum Gasteiger partial charge on any atom is 0.417 e. The van der Waals surface area contributed by atoms with Gasteiger partial charge >= 0.3 is 11.9 Å². The second-order valence-electron chi connectivity index (χ2n) is 10.2. The molecule has 0 spiro atoms. The second-order valence-corrected chi connectivity index (χ2v) is 13.4. The Labute approximate surface area is 238 Å². The zero-order valence-corrected chi connectivity index (χ0v) is 23.5. The van der Waals surface area contributed by atoms with Gasteiger partial charge in [-0.3, -0.25) is 9.36 Å². The van der Waals surface area contributed by atoms with Crippen LogP contribution in [0.15, 0.2) is 33.8 Å². The second kappa shape index (κ2) is 9.21. The van der Waals surface area contributed by atoms with Crippen molar-refractivity contribution in [3.05, 3.63) is 40.1 Å². The maximum absolute atomic E-state index is 14.9. The number of thiophene rings is 1. The Balaban J connectivity index is 1.50. The number of amides is 1. The molecule has 1 aromatic carbocycles. The van der Waals surface area contributed by atoms with Gasteiger partial charge in [0, 0.05) is 58.7 Å². The van der Waals surface area contributed by atoms with Crippen LogP contribution in [0.3, 0.4) is 0 Å². The van der Waals surface area contributed by atoms with Gasteiger partial charge in [0.15, 0.2) is 5.13 Å². The van der Waals surface area contributed by atoms with Gasteiger partial charge in [0.1, 0.15) is 15.3 Å². The number of aromatic nitrogens is 3.